The van der Waals surface area contributed by atoms with Crippen molar-refractivity contribution in [1.29, 1.82) is 0 Å². The summed E-state index contributed by atoms with van der Waals surface area (Å²) in [7, 11) is 0. The molecule has 0 aromatic heterocycles. The highest BCUT2D eigenvalue weighted by Gasteiger charge is 2.23. The molecule has 0 atom stereocenters. The normalized spacial score (nSPS) is 11.6. The third kappa shape index (κ3) is 13.3. The van der Waals surface area contributed by atoms with E-state index >= 15 is 0 Å². The first-order valence-corrected chi connectivity index (χ1v) is 7.83. The first-order valence-electron chi connectivity index (χ1n) is 7.83. The number of ether oxygens (including phenoxy) is 1. The van der Waals surface area contributed by atoms with E-state index in [1.165, 1.54) is 0 Å². The zero-order chi connectivity index (χ0) is 17.5. The van der Waals surface area contributed by atoms with Gasteiger partial charge in [0.2, 0.25) is 0 Å². The van der Waals surface area contributed by atoms with Crippen molar-refractivity contribution in [3.05, 3.63) is 48.9 Å². The van der Waals surface area contributed by atoms with Gasteiger partial charge in [-0.1, -0.05) is 40.7 Å². The molecule has 2 N–H and O–H groups in total. The van der Waals surface area contributed by atoms with Gasteiger partial charge in [0, 0.05) is 12.1 Å². The zero-order valence-corrected chi connectivity index (χ0v) is 15.4. The van der Waals surface area contributed by atoms with E-state index in [0.29, 0.717) is 0 Å². The fourth-order valence-electron chi connectivity index (χ4n) is 1.45. The van der Waals surface area contributed by atoms with Crippen LogP contribution in [0.1, 0.15) is 67.7 Å². The maximum atomic E-state index is 6.01. The van der Waals surface area contributed by atoms with Gasteiger partial charge in [-0.3, -0.25) is 0 Å². The average molecular weight is 296 g/mol. The Kier molecular flexibility index (Phi) is 17.5. The van der Waals surface area contributed by atoms with Crippen molar-refractivity contribution < 1.29 is 4.74 Å². The minimum atomic E-state index is -0.311. The minimum Gasteiger partial charge on any atom is -0.488 e. The molecule has 0 aliphatic carbocycles. The highest BCUT2D eigenvalue weighted by molar-refractivity contribution is 5.15. The number of allylic oxidation sites excluding steroid dienone is 4. The monoisotopic (exact) mass is 295 g/mol. The number of hydrogen-bond donors (Lipinski definition) is 1. The van der Waals surface area contributed by atoms with Crippen LogP contribution in [0.25, 0.3) is 0 Å². The topological polar surface area (TPSA) is 35.2 Å². The van der Waals surface area contributed by atoms with Crippen LogP contribution >= 0.6 is 0 Å². The lowest BCUT2D eigenvalue weighted by molar-refractivity contribution is 0.0607. The Hall–Kier alpha value is -1.44. The molecule has 0 saturated carbocycles. The fraction of sp³-hybridized carbons (Fsp3) is 0.579. The van der Waals surface area contributed by atoms with E-state index < -0.39 is 0 Å². The second-order valence-electron chi connectivity index (χ2n) is 4.86. The zero-order valence-electron chi connectivity index (χ0n) is 15.4. The van der Waals surface area contributed by atoms with E-state index in [4.69, 9.17) is 10.5 Å². The molecule has 0 unspecified atom stereocenters. The molecule has 0 aliphatic rings. The van der Waals surface area contributed by atoms with E-state index in [1.807, 2.05) is 32.9 Å². The summed E-state index contributed by atoms with van der Waals surface area (Å²) in [6, 6.07) is 0. The second-order valence-corrected chi connectivity index (χ2v) is 4.86. The van der Waals surface area contributed by atoms with E-state index in [1.54, 1.807) is 0 Å². The van der Waals surface area contributed by atoms with Crippen molar-refractivity contribution in [3.8, 4) is 0 Å². The second kappa shape index (κ2) is 15.0. The maximum Gasteiger partial charge on any atom is 0.124 e. The van der Waals surface area contributed by atoms with Gasteiger partial charge in [0.25, 0.3) is 0 Å². The third-order valence-corrected chi connectivity index (χ3v) is 2.67. The minimum absolute atomic E-state index is 0.311. The molecule has 0 aromatic carbocycles. The molecule has 0 bridgehead atoms. The molecule has 0 amide bonds. The number of rotatable bonds is 7. The molecule has 0 aliphatic heterocycles. The lowest BCUT2D eigenvalue weighted by atomic mass is 9.95. The van der Waals surface area contributed by atoms with Gasteiger partial charge in [-0.2, -0.15) is 0 Å². The van der Waals surface area contributed by atoms with Crippen LogP contribution in [0, 0.1) is 0 Å². The Bertz CT molecular complexity index is 320. The quantitative estimate of drug-likeness (QED) is 0.349. The van der Waals surface area contributed by atoms with Crippen molar-refractivity contribution in [2.75, 3.05) is 0 Å². The summed E-state index contributed by atoms with van der Waals surface area (Å²) < 4.78 is 6.01. The highest BCUT2D eigenvalue weighted by atomic mass is 16.5. The van der Waals surface area contributed by atoms with Gasteiger partial charge in [0.1, 0.15) is 5.60 Å². The molecule has 2 nitrogen and oxygen atoms in total. The first-order chi connectivity index (χ1) is 9.83. The summed E-state index contributed by atoms with van der Waals surface area (Å²) in [6.07, 6.45) is 6.76. The van der Waals surface area contributed by atoms with E-state index in [0.717, 1.165) is 36.3 Å². The van der Waals surface area contributed by atoms with Crippen LogP contribution in [-0.2, 0) is 4.74 Å². The highest BCUT2D eigenvalue weighted by Crippen LogP contribution is 2.27. The van der Waals surface area contributed by atoms with Gasteiger partial charge >= 0.3 is 0 Å². The van der Waals surface area contributed by atoms with Crippen LogP contribution in [0.2, 0.25) is 0 Å². The Balaban J connectivity index is -0.000000739. The summed E-state index contributed by atoms with van der Waals surface area (Å²) in [5, 5.41) is 0. The van der Waals surface area contributed by atoms with Crippen LogP contribution in [-0.4, -0.2) is 5.60 Å². The van der Waals surface area contributed by atoms with Crippen LogP contribution in [0.5, 0.6) is 0 Å². The summed E-state index contributed by atoms with van der Waals surface area (Å²) in [6.45, 7) is 24.3. The van der Waals surface area contributed by atoms with Crippen molar-refractivity contribution in [3.63, 3.8) is 0 Å². The van der Waals surface area contributed by atoms with E-state index in [2.05, 4.69) is 47.4 Å². The molecule has 0 aromatic rings. The van der Waals surface area contributed by atoms with Gasteiger partial charge in [0.05, 0.1) is 5.76 Å². The number of hydrogen-bond acceptors (Lipinski definition) is 2. The Morgan fingerprint density at radius 2 is 1.62 bits per heavy atom. The van der Waals surface area contributed by atoms with Crippen LogP contribution in [0.15, 0.2) is 48.9 Å². The lowest BCUT2D eigenvalue weighted by Gasteiger charge is -2.30. The molecule has 124 valence electrons. The van der Waals surface area contributed by atoms with Gasteiger partial charge in [-0.25, -0.2) is 0 Å². The summed E-state index contributed by atoms with van der Waals surface area (Å²) in [5.74, 6) is 0.942. The molecular weight excluding hydrogens is 258 g/mol. The molecular formula is C19H37NO. The van der Waals surface area contributed by atoms with Gasteiger partial charge in [-0.05, 0) is 44.9 Å². The largest absolute Gasteiger partial charge is 0.488 e. The smallest absolute Gasteiger partial charge is 0.124 e. The predicted octanol–water partition coefficient (Wildman–Crippen LogP) is 6.12. The summed E-state index contributed by atoms with van der Waals surface area (Å²) in [4.78, 5) is 0. The van der Waals surface area contributed by atoms with Crippen molar-refractivity contribution in [1.82, 2.24) is 0 Å². The van der Waals surface area contributed by atoms with Crippen LogP contribution < -0.4 is 5.73 Å². The lowest BCUT2D eigenvalue weighted by Crippen LogP contribution is -2.26. The SMILES string of the molecule is C=C.C=C(CCC)C(C)(C)O/C(=C/C=C(\C)N)CC.CC. The molecule has 2 heteroatoms. The summed E-state index contributed by atoms with van der Waals surface area (Å²) in [5.41, 5.74) is 7.21. The van der Waals surface area contributed by atoms with E-state index in [-0.39, 0.29) is 5.60 Å². The Labute approximate surface area is 133 Å². The van der Waals surface area contributed by atoms with Crippen molar-refractivity contribution in [2.45, 2.75) is 73.3 Å². The maximum absolute atomic E-state index is 6.01. The van der Waals surface area contributed by atoms with Crippen molar-refractivity contribution in [2.24, 2.45) is 5.73 Å². The van der Waals surface area contributed by atoms with Gasteiger partial charge in [0.15, 0.2) is 0 Å². The molecule has 0 saturated heterocycles. The molecule has 0 fully saturated rings. The van der Waals surface area contributed by atoms with Crippen molar-refractivity contribution >= 4 is 0 Å². The molecule has 0 heterocycles. The molecule has 0 rings (SSSR count). The Morgan fingerprint density at radius 3 is 1.95 bits per heavy atom. The molecule has 21 heavy (non-hydrogen) atoms. The Morgan fingerprint density at radius 1 is 1.14 bits per heavy atom. The molecule has 0 spiro atoms. The van der Waals surface area contributed by atoms with Crippen LogP contribution in [0.4, 0.5) is 0 Å². The van der Waals surface area contributed by atoms with E-state index in [9.17, 15) is 0 Å². The fourth-order valence-corrected chi connectivity index (χ4v) is 1.45. The van der Waals surface area contributed by atoms with Gasteiger partial charge in [-0.15, -0.1) is 13.2 Å². The van der Waals surface area contributed by atoms with Crippen LogP contribution in [0.3, 0.4) is 0 Å². The number of nitrogens with two attached hydrogens (primary N) is 1. The first kappa shape index (κ1) is 24.6. The van der Waals surface area contributed by atoms with Gasteiger partial charge < -0.3 is 10.5 Å². The standard InChI is InChI=1S/C15H27NO.C2H6.C2H4/c1-7-9-12(3)15(5,6)17-14(8-2)11-10-13(4)16;2*1-2/h10-11H,3,7-9,16H2,1-2,4-6H3;1-2H3;1-2H2/b13-10+,14-11+;;. The molecule has 0 radical (unpaired) electrons. The predicted molar refractivity (Wildman–Crippen MR) is 98.1 cm³/mol. The average Bonchev–Trinajstić information content (AvgIpc) is 2.47. The third-order valence-electron chi connectivity index (χ3n) is 2.67. The summed E-state index contributed by atoms with van der Waals surface area (Å²) >= 11 is 0.